The fourth-order valence-corrected chi connectivity index (χ4v) is 3.49. The minimum absolute atomic E-state index is 0. The zero-order chi connectivity index (χ0) is 22.8. The number of rotatable bonds is 6. The number of anilines is 1. The van der Waals surface area contributed by atoms with Gasteiger partial charge in [0.25, 0.3) is 0 Å². The Bertz CT molecular complexity index is 1320. The molecule has 0 saturated heterocycles. The van der Waals surface area contributed by atoms with Crippen molar-refractivity contribution >= 4 is 28.4 Å². The van der Waals surface area contributed by atoms with E-state index in [2.05, 4.69) is 0 Å². The second-order valence-corrected chi connectivity index (χ2v) is 7.07. The number of hydrogen-bond donors (Lipinski definition) is 1. The molecule has 4 aromatic carbocycles. The van der Waals surface area contributed by atoms with Crippen LogP contribution >= 0.6 is 0 Å². The van der Waals surface area contributed by atoms with E-state index in [1.165, 1.54) is 12.1 Å². The number of nitrogens with two attached hydrogens (primary N) is 1. The first kappa shape index (κ1) is 27.7. The Balaban J connectivity index is 0.00000204. The Hall–Kier alpha value is -2.52. The van der Waals surface area contributed by atoms with Gasteiger partial charge in [0.1, 0.15) is 17.2 Å². The maximum atomic E-state index is 12.0. The number of carboxylic acids is 2. The third-order valence-corrected chi connectivity index (χ3v) is 5.00. The van der Waals surface area contributed by atoms with E-state index < -0.39 is 11.9 Å². The first-order valence-electron chi connectivity index (χ1n) is 9.58. The van der Waals surface area contributed by atoms with Gasteiger partial charge < -0.3 is 35.0 Å². The summed E-state index contributed by atoms with van der Waals surface area (Å²) in [5.41, 5.74) is 5.88. The molecule has 0 atom stereocenters. The van der Waals surface area contributed by atoms with Gasteiger partial charge in [0.2, 0.25) is 0 Å². The van der Waals surface area contributed by atoms with Crippen LogP contribution in [0.15, 0.2) is 72.8 Å². The maximum Gasteiger partial charge on any atom is 1.00 e. The van der Waals surface area contributed by atoms with Crippen LogP contribution in [0.3, 0.4) is 0 Å². The molecule has 0 heterocycles. The summed E-state index contributed by atoms with van der Waals surface area (Å²) < 4.78 is 10.9. The number of hydrogen-bond acceptors (Lipinski definition) is 7. The number of benzene rings is 4. The molecule has 4 rings (SSSR count). The number of carboxylic acid groups (broad SMARTS) is 2. The van der Waals surface area contributed by atoms with E-state index in [9.17, 15) is 19.8 Å². The van der Waals surface area contributed by atoms with Crippen LogP contribution in [0.2, 0.25) is 0 Å². The number of nitrogen functional groups attached to an aromatic ring is 1. The molecule has 0 aliphatic heterocycles. The molecule has 0 fully saturated rings. The van der Waals surface area contributed by atoms with E-state index in [1.807, 2.05) is 6.07 Å². The molecular formula is C25H17NNa2O6. The molecule has 0 spiro atoms. The summed E-state index contributed by atoms with van der Waals surface area (Å²) >= 11 is 0. The second kappa shape index (κ2) is 11.8. The molecule has 0 radical (unpaired) electrons. The van der Waals surface area contributed by atoms with E-state index >= 15 is 0 Å². The molecule has 0 bridgehead atoms. The largest absolute Gasteiger partial charge is 1.00 e. The van der Waals surface area contributed by atoms with Crippen molar-refractivity contribution in [2.24, 2.45) is 0 Å². The molecule has 2 N–H and O–H groups in total. The van der Waals surface area contributed by atoms with Gasteiger partial charge in [-0.3, -0.25) is 0 Å². The van der Waals surface area contributed by atoms with Gasteiger partial charge in [-0.05, 0) is 70.9 Å². The van der Waals surface area contributed by atoms with Crippen LogP contribution in [-0.2, 0) is 0 Å². The fourth-order valence-electron chi connectivity index (χ4n) is 3.49. The molecule has 160 valence electrons. The van der Waals surface area contributed by atoms with E-state index in [0.717, 1.165) is 10.8 Å². The zero-order valence-electron chi connectivity index (χ0n) is 19.0. The molecule has 0 saturated carbocycles. The summed E-state index contributed by atoms with van der Waals surface area (Å²) in [7, 11) is 1.56. The van der Waals surface area contributed by atoms with Crippen LogP contribution < -0.4 is 84.5 Å². The summed E-state index contributed by atoms with van der Waals surface area (Å²) in [6, 6.07) is 19.3. The SMILES string of the molecule is COc1ccc2cc(-c3c(C(=O)[O-])cc(Oc4ccc(N)cc4)cc3C(=O)[O-])ccc2c1.[Na+].[Na+]. The number of carbonyl (C=O) groups excluding carboxylic acids is 2. The average Bonchev–Trinajstić information content (AvgIpc) is 2.79. The fraction of sp³-hybridized carbons (Fsp3) is 0.0400. The van der Waals surface area contributed by atoms with Gasteiger partial charge in [-0.25, -0.2) is 0 Å². The summed E-state index contributed by atoms with van der Waals surface area (Å²) in [4.78, 5) is 23.9. The predicted octanol–water partition coefficient (Wildman–Crippen LogP) is -3.38. The van der Waals surface area contributed by atoms with E-state index in [0.29, 0.717) is 22.7 Å². The van der Waals surface area contributed by atoms with Gasteiger partial charge in [-0.15, -0.1) is 0 Å². The first-order valence-corrected chi connectivity index (χ1v) is 9.58. The van der Waals surface area contributed by atoms with Crippen LogP contribution in [0.1, 0.15) is 20.7 Å². The van der Waals surface area contributed by atoms with E-state index in [-0.39, 0.29) is 81.6 Å². The summed E-state index contributed by atoms with van der Waals surface area (Å²) in [6.07, 6.45) is 0. The smallest absolute Gasteiger partial charge is 0.545 e. The van der Waals surface area contributed by atoms with Gasteiger partial charge in [0.05, 0.1) is 19.0 Å². The van der Waals surface area contributed by atoms with Crippen molar-refractivity contribution in [3.05, 3.63) is 83.9 Å². The standard InChI is InChI=1S/C25H19NO6.2Na/c1-31-19-7-4-14-10-16(3-2-15(14)11-19)23-21(24(27)28)12-20(13-22(23)25(29)30)32-18-8-5-17(26)6-9-18;;/h2-13H,26H2,1H3,(H,27,28)(H,29,30);;/q;2*+1/p-2. The van der Waals surface area contributed by atoms with Crippen molar-refractivity contribution in [3.63, 3.8) is 0 Å². The number of methoxy groups -OCH3 is 1. The van der Waals surface area contributed by atoms with E-state index in [1.54, 1.807) is 61.7 Å². The Morgan fingerprint density at radius 3 is 1.79 bits per heavy atom. The molecule has 0 aromatic heterocycles. The third kappa shape index (κ3) is 5.93. The summed E-state index contributed by atoms with van der Waals surface area (Å²) in [5, 5.41) is 25.5. The Morgan fingerprint density at radius 2 is 1.24 bits per heavy atom. The molecule has 9 heteroatoms. The third-order valence-electron chi connectivity index (χ3n) is 5.00. The Morgan fingerprint density at radius 1 is 0.706 bits per heavy atom. The van der Waals surface area contributed by atoms with Gasteiger partial charge in [-0.2, -0.15) is 0 Å². The van der Waals surface area contributed by atoms with Crippen molar-refractivity contribution in [2.75, 3.05) is 12.8 Å². The minimum Gasteiger partial charge on any atom is -0.545 e. The minimum atomic E-state index is -1.54. The van der Waals surface area contributed by atoms with E-state index in [4.69, 9.17) is 15.2 Å². The molecular weight excluding hydrogens is 456 g/mol. The number of aromatic carboxylic acids is 2. The molecule has 0 amide bonds. The molecule has 0 unspecified atom stereocenters. The molecule has 7 nitrogen and oxygen atoms in total. The number of ether oxygens (including phenoxy) is 2. The van der Waals surface area contributed by atoms with Crippen molar-refractivity contribution in [1.29, 1.82) is 0 Å². The van der Waals surface area contributed by atoms with Crippen LogP contribution in [-0.4, -0.2) is 19.0 Å². The van der Waals surface area contributed by atoms with Crippen molar-refractivity contribution < 1.29 is 88.4 Å². The summed E-state index contributed by atoms with van der Waals surface area (Å²) in [5.74, 6) is -2.04. The number of fused-ring (bicyclic) bond motifs is 1. The van der Waals surface area contributed by atoms with Crippen LogP contribution in [0.4, 0.5) is 5.69 Å². The Labute approximate surface area is 240 Å². The van der Waals surface area contributed by atoms with Crippen molar-refractivity contribution in [1.82, 2.24) is 0 Å². The normalized spacial score (nSPS) is 10.0. The average molecular weight is 473 g/mol. The van der Waals surface area contributed by atoms with Crippen LogP contribution in [0.25, 0.3) is 21.9 Å². The van der Waals surface area contributed by atoms with Gasteiger partial charge >= 0.3 is 59.1 Å². The van der Waals surface area contributed by atoms with Crippen LogP contribution in [0.5, 0.6) is 17.2 Å². The van der Waals surface area contributed by atoms with Crippen molar-refractivity contribution in [2.45, 2.75) is 0 Å². The molecule has 0 aliphatic carbocycles. The quantitative estimate of drug-likeness (QED) is 0.229. The van der Waals surface area contributed by atoms with Crippen molar-refractivity contribution in [3.8, 4) is 28.4 Å². The number of carbonyl (C=O) groups is 2. The van der Waals surface area contributed by atoms with Gasteiger partial charge in [0.15, 0.2) is 0 Å². The molecule has 0 aliphatic rings. The predicted molar refractivity (Wildman–Crippen MR) is 116 cm³/mol. The first-order chi connectivity index (χ1) is 15.4. The van der Waals surface area contributed by atoms with Crippen LogP contribution in [0, 0.1) is 0 Å². The molecule has 4 aromatic rings. The summed E-state index contributed by atoms with van der Waals surface area (Å²) in [6.45, 7) is 0. The second-order valence-electron chi connectivity index (χ2n) is 7.07. The van der Waals surface area contributed by atoms with Gasteiger partial charge in [0, 0.05) is 22.4 Å². The zero-order valence-corrected chi connectivity index (χ0v) is 23.0. The molecule has 34 heavy (non-hydrogen) atoms. The maximum absolute atomic E-state index is 12.0. The Kier molecular flexibility index (Phi) is 9.58. The van der Waals surface area contributed by atoms with Gasteiger partial charge in [-0.1, -0.05) is 18.2 Å². The topological polar surface area (TPSA) is 125 Å². The monoisotopic (exact) mass is 473 g/mol.